The molecule has 58 heavy (non-hydrogen) atoms. The summed E-state index contributed by atoms with van der Waals surface area (Å²) in [7, 11) is 0. The summed E-state index contributed by atoms with van der Waals surface area (Å²) in [6.45, 7) is 0. The molecule has 4 bridgehead atoms. The minimum Gasteiger partial charge on any atom is -0.340 e. The van der Waals surface area contributed by atoms with E-state index in [1.807, 2.05) is 0 Å². The lowest BCUT2D eigenvalue weighted by Crippen LogP contribution is -2.29. The van der Waals surface area contributed by atoms with Crippen molar-refractivity contribution in [1.82, 2.24) is 0 Å². The van der Waals surface area contributed by atoms with Crippen LogP contribution in [0.25, 0.3) is 0 Å². The van der Waals surface area contributed by atoms with E-state index in [4.69, 9.17) is 9.47 Å². The molecule has 288 valence electrons. The molecular formula is C48H28F8O2. The zero-order valence-corrected chi connectivity index (χ0v) is 30.0. The fourth-order valence-electron chi connectivity index (χ4n) is 9.36. The SMILES string of the molecule is FC(F)=C1C(=C(F)F)[C@@]2(c3ccccc3)O[C@]1(c1ccccc1)c1ccccc12.FC(F)=C1C(=C(F)F)[C@@]2(c3ccccc3)O[C@]1(c1ccccc1)c1ccccc12. The molecule has 6 aromatic rings. The van der Waals surface area contributed by atoms with Crippen molar-refractivity contribution in [1.29, 1.82) is 0 Å². The molecule has 10 heteroatoms. The van der Waals surface area contributed by atoms with Gasteiger partial charge < -0.3 is 9.47 Å². The molecule has 0 amide bonds. The number of halogens is 8. The molecule has 6 aromatic carbocycles. The van der Waals surface area contributed by atoms with Gasteiger partial charge in [0.25, 0.3) is 24.3 Å². The van der Waals surface area contributed by atoms with E-state index in [2.05, 4.69) is 0 Å². The Bertz CT molecular complexity index is 2330. The van der Waals surface area contributed by atoms with Gasteiger partial charge in [-0.1, -0.05) is 170 Å². The lowest BCUT2D eigenvalue weighted by Gasteiger charge is -2.31. The van der Waals surface area contributed by atoms with E-state index in [9.17, 15) is 35.1 Å². The molecule has 0 saturated carbocycles. The van der Waals surface area contributed by atoms with Crippen LogP contribution in [0.15, 0.2) is 216 Å². The highest BCUT2D eigenvalue weighted by molar-refractivity contribution is 5.74. The van der Waals surface area contributed by atoms with Crippen LogP contribution >= 0.6 is 0 Å². The molecule has 4 atom stereocenters. The first-order valence-corrected chi connectivity index (χ1v) is 18.1. The van der Waals surface area contributed by atoms with Crippen molar-refractivity contribution in [2.24, 2.45) is 0 Å². The summed E-state index contributed by atoms with van der Waals surface area (Å²) in [4.78, 5) is 0. The number of fused-ring (bicyclic) bond motifs is 10. The fraction of sp³-hybridized carbons (Fsp3) is 0.0833. The molecule has 2 nitrogen and oxygen atoms in total. The van der Waals surface area contributed by atoms with Crippen molar-refractivity contribution in [3.63, 3.8) is 0 Å². The normalized spacial score (nSPS) is 24.6. The Labute approximate surface area is 327 Å². The smallest absolute Gasteiger partial charge is 0.277 e. The van der Waals surface area contributed by atoms with Crippen molar-refractivity contribution >= 4 is 0 Å². The first-order valence-electron chi connectivity index (χ1n) is 18.1. The molecule has 4 aliphatic heterocycles. The summed E-state index contributed by atoms with van der Waals surface area (Å²) in [6, 6.07) is 46.9. The first-order chi connectivity index (χ1) is 28.1. The Balaban J connectivity index is 0.000000150. The second kappa shape index (κ2) is 13.6. The predicted molar refractivity (Wildman–Crippen MR) is 201 cm³/mol. The Morgan fingerprint density at radius 3 is 0.603 bits per heavy atom. The lowest BCUT2D eigenvalue weighted by atomic mass is 9.67. The van der Waals surface area contributed by atoms with Crippen LogP contribution in [0.3, 0.4) is 0 Å². The van der Waals surface area contributed by atoms with Crippen LogP contribution < -0.4 is 0 Å². The van der Waals surface area contributed by atoms with Crippen LogP contribution in [0.2, 0.25) is 0 Å². The van der Waals surface area contributed by atoms with Crippen LogP contribution in [0.1, 0.15) is 44.5 Å². The monoisotopic (exact) mass is 788 g/mol. The Morgan fingerprint density at radius 2 is 0.431 bits per heavy atom. The van der Waals surface area contributed by atoms with Gasteiger partial charge in [0.2, 0.25) is 0 Å². The summed E-state index contributed by atoms with van der Waals surface area (Å²) in [5.41, 5.74) is -7.04. The highest BCUT2D eigenvalue weighted by atomic mass is 19.3. The lowest BCUT2D eigenvalue weighted by molar-refractivity contribution is -0.0237. The van der Waals surface area contributed by atoms with Gasteiger partial charge in [-0.25, -0.2) is 0 Å². The second-order valence-electron chi connectivity index (χ2n) is 14.0. The van der Waals surface area contributed by atoms with E-state index < -0.39 is 69.0 Å². The van der Waals surface area contributed by atoms with Crippen molar-refractivity contribution in [3.8, 4) is 0 Å². The third kappa shape index (κ3) is 4.85. The largest absolute Gasteiger partial charge is 0.340 e. The maximum atomic E-state index is 14.4. The Kier molecular flexibility index (Phi) is 8.76. The predicted octanol–water partition coefficient (Wildman–Crippen LogP) is 13.0. The average molecular weight is 789 g/mol. The fourth-order valence-corrected chi connectivity index (χ4v) is 9.36. The second-order valence-corrected chi connectivity index (χ2v) is 14.0. The molecule has 0 radical (unpaired) electrons. The third-order valence-corrected chi connectivity index (χ3v) is 11.4. The summed E-state index contributed by atoms with van der Waals surface area (Å²) >= 11 is 0. The molecule has 10 rings (SSSR count). The molecule has 2 fully saturated rings. The zero-order valence-electron chi connectivity index (χ0n) is 30.0. The number of ether oxygens (including phenoxy) is 2. The van der Waals surface area contributed by atoms with Gasteiger partial charge in [0.05, 0.1) is 22.3 Å². The molecular weight excluding hydrogens is 761 g/mol. The van der Waals surface area contributed by atoms with Crippen LogP contribution in [-0.2, 0) is 31.9 Å². The first kappa shape index (κ1) is 37.2. The maximum absolute atomic E-state index is 14.4. The number of benzene rings is 6. The van der Waals surface area contributed by atoms with Crippen LogP contribution in [-0.4, -0.2) is 0 Å². The standard InChI is InChI=1S/2C24H14F4O/c2*25-21(26)19-20(22(27)28)24(16-11-5-2-6-12-16)18-14-8-7-13-17(18)23(19,29-24)15-9-3-1-4-10-15/h2*1-14H/t2*23-,24+. The van der Waals surface area contributed by atoms with E-state index >= 15 is 0 Å². The Hall–Kier alpha value is -6.36. The van der Waals surface area contributed by atoms with Gasteiger partial charge in [-0.2, -0.15) is 35.1 Å². The van der Waals surface area contributed by atoms with Crippen LogP contribution in [0, 0.1) is 0 Å². The molecule has 0 aliphatic carbocycles. The van der Waals surface area contributed by atoms with Gasteiger partial charge in [-0.3, -0.25) is 0 Å². The van der Waals surface area contributed by atoms with E-state index in [-0.39, 0.29) is 0 Å². The number of hydrogen-bond acceptors (Lipinski definition) is 2. The maximum Gasteiger partial charge on any atom is 0.277 e. The molecule has 4 aliphatic rings. The van der Waals surface area contributed by atoms with Crippen molar-refractivity contribution < 1.29 is 44.6 Å². The molecule has 0 aromatic heterocycles. The summed E-state index contributed by atoms with van der Waals surface area (Å²) < 4.78 is 128. The van der Waals surface area contributed by atoms with Crippen molar-refractivity contribution in [2.45, 2.75) is 22.4 Å². The minimum atomic E-state index is -2.18. The number of rotatable bonds is 4. The van der Waals surface area contributed by atoms with E-state index in [0.29, 0.717) is 44.5 Å². The molecule has 4 heterocycles. The van der Waals surface area contributed by atoms with E-state index in [1.165, 1.54) is 0 Å². The van der Waals surface area contributed by atoms with E-state index in [0.717, 1.165) is 0 Å². The van der Waals surface area contributed by atoms with Gasteiger partial charge in [0.15, 0.2) is 22.4 Å². The topological polar surface area (TPSA) is 18.5 Å². The highest BCUT2D eigenvalue weighted by Crippen LogP contribution is 2.71. The average Bonchev–Trinajstić information content (AvgIpc) is 3.97. The third-order valence-electron chi connectivity index (χ3n) is 11.4. The molecule has 0 spiro atoms. The molecule has 0 unspecified atom stereocenters. The summed E-state index contributed by atoms with van der Waals surface area (Å²) in [5.74, 6) is 0. The van der Waals surface area contributed by atoms with Crippen molar-refractivity contribution in [2.75, 3.05) is 0 Å². The summed E-state index contributed by atoms with van der Waals surface area (Å²) in [6.07, 6.45) is -8.71. The quantitative estimate of drug-likeness (QED) is 0.166. The van der Waals surface area contributed by atoms with Gasteiger partial charge in [0, 0.05) is 0 Å². The molecule has 2 saturated heterocycles. The van der Waals surface area contributed by atoms with E-state index in [1.54, 1.807) is 170 Å². The van der Waals surface area contributed by atoms with Crippen LogP contribution in [0.4, 0.5) is 35.1 Å². The summed E-state index contributed by atoms with van der Waals surface area (Å²) in [5, 5.41) is 0. The minimum absolute atomic E-state index is 0.379. The van der Waals surface area contributed by atoms with Crippen molar-refractivity contribution in [3.05, 3.63) is 261 Å². The van der Waals surface area contributed by atoms with Gasteiger partial charge in [-0.15, -0.1) is 0 Å². The zero-order chi connectivity index (χ0) is 40.5. The highest BCUT2D eigenvalue weighted by Gasteiger charge is 2.70. The van der Waals surface area contributed by atoms with Gasteiger partial charge >= 0.3 is 0 Å². The van der Waals surface area contributed by atoms with Gasteiger partial charge in [0.1, 0.15) is 0 Å². The Morgan fingerprint density at radius 1 is 0.259 bits per heavy atom. The molecule has 0 N–H and O–H groups in total. The van der Waals surface area contributed by atoms with Gasteiger partial charge in [-0.05, 0) is 44.5 Å². The number of hydrogen-bond donors (Lipinski definition) is 0. The van der Waals surface area contributed by atoms with Crippen LogP contribution in [0.5, 0.6) is 0 Å².